The highest BCUT2D eigenvalue weighted by Gasteiger charge is 2.07. The smallest absolute Gasteiger partial charge is 0.0328 e. The van der Waals surface area contributed by atoms with E-state index in [1.54, 1.807) is 11.8 Å². The van der Waals surface area contributed by atoms with Gasteiger partial charge >= 0.3 is 0 Å². The van der Waals surface area contributed by atoms with Crippen molar-refractivity contribution in [3.63, 3.8) is 0 Å². The van der Waals surface area contributed by atoms with Gasteiger partial charge in [0.1, 0.15) is 0 Å². The Bertz CT molecular complexity index is 260. The Hall–Kier alpha value is -0.180. The Balaban J connectivity index is 2.73. The summed E-state index contributed by atoms with van der Waals surface area (Å²) in [6.45, 7) is 0. The molecule has 0 heterocycles. The van der Waals surface area contributed by atoms with Crippen LogP contribution in [0, 0.1) is 0 Å². The van der Waals surface area contributed by atoms with E-state index < -0.39 is 0 Å². The number of rotatable bonds is 5. The predicted molar refractivity (Wildman–Crippen MR) is 65.4 cm³/mol. The lowest BCUT2D eigenvalue weighted by molar-refractivity contribution is 0.579. The van der Waals surface area contributed by atoms with E-state index in [0.717, 1.165) is 6.42 Å². The molecule has 0 radical (unpaired) electrons. The zero-order chi connectivity index (χ0) is 10.4. The first kappa shape index (κ1) is 11.9. The van der Waals surface area contributed by atoms with Gasteiger partial charge in [-0.15, -0.1) is 23.4 Å². The number of hydrogen-bond donors (Lipinski definition) is 1. The van der Waals surface area contributed by atoms with E-state index in [0.29, 0.717) is 11.9 Å². The van der Waals surface area contributed by atoms with E-state index >= 15 is 0 Å². The van der Waals surface area contributed by atoms with Crippen LogP contribution in [0.1, 0.15) is 18.0 Å². The molecule has 1 N–H and O–H groups in total. The summed E-state index contributed by atoms with van der Waals surface area (Å²) in [5.41, 5.74) is 1.31. The van der Waals surface area contributed by atoms with Crippen LogP contribution in [0.25, 0.3) is 0 Å². The summed E-state index contributed by atoms with van der Waals surface area (Å²) < 4.78 is 0. The van der Waals surface area contributed by atoms with Gasteiger partial charge in [-0.2, -0.15) is 0 Å². The molecule has 0 aliphatic heterocycles. The number of alkyl halides is 1. The lowest BCUT2D eigenvalue weighted by Gasteiger charge is -2.15. The van der Waals surface area contributed by atoms with Crippen molar-refractivity contribution in [2.75, 3.05) is 19.2 Å². The van der Waals surface area contributed by atoms with E-state index in [9.17, 15) is 0 Å². The number of thioether (sulfide) groups is 1. The molecule has 3 heteroatoms. The standard InChI is InChI=1S/C11H16ClNS/c1-13-11(7-8-12)9-3-5-10(14-2)6-4-9/h3-6,11,13H,7-8H2,1-2H3. The van der Waals surface area contributed by atoms with Gasteiger partial charge in [0.15, 0.2) is 0 Å². The van der Waals surface area contributed by atoms with Gasteiger partial charge in [-0.05, 0) is 37.4 Å². The van der Waals surface area contributed by atoms with Crippen molar-refractivity contribution in [2.45, 2.75) is 17.4 Å². The minimum absolute atomic E-state index is 0.378. The predicted octanol–water partition coefficient (Wildman–Crippen LogP) is 3.30. The number of halogens is 1. The van der Waals surface area contributed by atoms with E-state index in [-0.39, 0.29) is 0 Å². The van der Waals surface area contributed by atoms with Gasteiger partial charge in [-0.1, -0.05) is 12.1 Å². The molecule has 0 saturated carbocycles. The molecule has 0 aliphatic rings. The van der Waals surface area contributed by atoms with Gasteiger partial charge in [0.05, 0.1) is 0 Å². The number of benzene rings is 1. The highest BCUT2D eigenvalue weighted by Crippen LogP contribution is 2.21. The van der Waals surface area contributed by atoms with Crippen molar-refractivity contribution in [3.05, 3.63) is 29.8 Å². The van der Waals surface area contributed by atoms with Crippen LogP contribution < -0.4 is 5.32 Å². The molecule has 14 heavy (non-hydrogen) atoms. The van der Waals surface area contributed by atoms with Crippen LogP contribution in [0.2, 0.25) is 0 Å². The highest BCUT2D eigenvalue weighted by molar-refractivity contribution is 7.98. The van der Waals surface area contributed by atoms with Gasteiger partial charge in [0, 0.05) is 16.8 Å². The Kier molecular flexibility index (Phi) is 5.38. The SMILES string of the molecule is CNC(CCCl)c1ccc(SC)cc1. The molecule has 0 amide bonds. The monoisotopic (exact) mass is 229 g/mol. The van der Waals surface area contributed by atoms with E-state index in [1.165, 1.54) is 10.5 Å². The average molecular weight is 230 g/mol. The van der Waals surface area contributed by atoms with Crippen LogP contribution in [-0.2, 0) is 0 Å². The molecule has 1 aromatic carbocycles. The molecule has 0 aromatic heterocycles. The topological polar surface area (TPSA) is 12.0 Å². The van der Waals surface area contributed by atoms with Gasteiger partial charge in [0.2, 0.25) is 0 Å². The van der Waals surface area contributed by atoms with Gasteiger partial charge in [0.25, 0.3) is 0 Å². The lowest BCUT2D eigenvalue weighted by atomic mass is 10.1. The quantitative estimate of drug-likeness (QED) is 0.614. The van der Waals surface area contributed by atoms with Crippen molar-refractivity contribution in [1.82, 2.24) is 5.32 Å². The molecular formula is C11H16ClNS. The fourth-order valence-electron chi connectivity index (χ4n) is 1.42. The molecule has 0 bridgehead atoms. The maximum absolute atomic E-state index is 5.74. The first-order chi connectivity index (χ1) is 6.81. The molecule has 1 aromatic rings. The maximum atomic E-state index is 5.74. The Morgan fingerprint density at radius 1 is 1.36 bits per heavy atom. The third-order valence-electron chi connectivity index (χ3n) is 2.26. The van der Waals surface area contributed by atoms with Gasteiger partial charge < -0.3 is 5.32 Å². The van der Waals surface area contributed by atoms with Crippen LogP contribution in [0.15, 0.2) is 29.2 Å². The Morgan fingerprint density at radius 3 is 2.43 bits per heavy atom. The molecule has 78 valence electrons. The second kappa shape index (κ2) is 6.33. The summed E-state index contributed by atoms with van der Waals surface area (Å²) in [5.74, 6) is 0.690. The second-order valence-corrected chi connectivity index (χ2v) is 4.35. The van der Waals surface area contributed by atoms with E-state index in [2.05, 4.69) is 35.8 Å². The Morgan fingerprint density at radius 2 is 2.00 bits per heavy atom. The zero-order valence-corrected chi connectivity index (χ0v) is 10.2. The Labute approximate surface area is 95.2 Å². The third-order valence-corrected chi connectivity index (χ3v) is 3.23. The summed E-state index contributed by atoms with van der Waals surface area (Å²) in [6, 6.07) is 9.01. The van der Waals surface area contributed by atoms with Crippen molar-refractivity contribution in [2.24, 2.45) is 0 Å². The van der Waals surface area contributed by atoms with Crippen molar-refractivity contribution >= 4 is 23.4 Å². The summed E-state index contributed by atoms with van der Waals surface area (Å²) in [7, 11) is 1.97. The van der Waals surface area contributed by atoms with Crippen LogP contribution in [0.3, 0.4) is 0 Å². The van der Waals surface area contributed by atoms with Gasteiger partial charge in [-0.3, -0.25) is 0 Å². The average Bonchev–Trinajstić information content (AvgIpc) is 2.26. The maximum Gasteiger partial charge on any atom is 0.0328 e. The fraction of sp³-hybridized carbons (Fsp3) is 0.455. The van der Waals surface area contributed by atoms with Crippen molar-refractivity contribution in [1.29, 1.82) is 0 Å². The lowest BCUT2D eigenvalue weighted by Crippen LogP contribution is -2.16. The first-order valence-corrected chi connectivity index (χ1v) is 6.45. The van der Waals surface area contributed by atoms with Crippen LogP contribution in [-0.4, -0.2) is 19.2 Å². The summed E-state index contributed by atoms with van der Waals surface area (Å²) >= 11 is 7.50. The van der Waals surface area contributed by atoms with Crippen LogP contribution in [0.4, 0.5) is 0 Å². The largest absolute Gasteiger partial charge is 0.313 e. The molecule has 0 aliphatic carbocycles. The molecule has 1 rings (SSSR count). The van der Waals surface area contributed by atoms with Crippen LogP contribution in [0.5, 0.6) is 0 Å². The van der Waals surface area contributed by atoms with Crippen molar-refractivity contribution in [3.8, 4) is 0 Å². The molecular weight excluding hydrogens is 214 g/mol. The molecule has 0 saturated heterocycles. The molecule has 1 atom stereocenters. The fourth-order valence-corrected chi connectivity index (χ4v) is 2.05. The number of nitrogens with one attached hydrogen (secondary N) is 1. The molecule has 0 spiro atoms. The van der Waals surface area contributed by atoms with Crippen LogP contribution >= 0.6 is 23.4 Å². The van der Waals surface area contributed by atoms with E-state index in [4.69, 9.17) is 11.6 Å². The summed E-state index contributed by atoms with van der Waals surface area (Å²) in [6.07, 6.45) is 3.06. The molecule has 0 fully saturated rings. The zero-order valence-electron chi connectivity index (χ0n) is 8.59. The normalized spacial score (nSPS) is 12.8. The summed E-state index contributed by atoms with van der Waals surface area (Å²) in [4.78, 5) is 1.30. The highest BCUT2D eigenvalue weighted by atomic mass is 35.5. The molecule has 1 unspecified atom stereocenters. The van der Waals surface area contributed by atoms with Crippen molar-refractivity contribution < 1.29 is 0 Å². The first-order valence-electron chi connectivity index (χ1n) is 4.69. The minimum Gasteiger partial charge on any atom is -0.313 e. The van der Waals surface area contributed by atoms with Gasteiger partial charge in [-0.25, -0.2) is 0 Å². The molecule has 1 nitrogen and oxygen atoms in total. The summed E-state index contributed by atoms with van der Waals surface area (Å²) in [5, 5.41) is 3.27. The third kappa shape index (κ3) is 3.19. The number of hydrogen-bond acceptors (Lipinski definition) is 2. The second-order valence-electron chi connectivity index (χ2n) is 3.09. The van der Waals surface area contributed by atoms with E-state index in [1.807, 2.05) is 7.05 Å². The minimum atomic E-state index is 0.378.